The molecule has 0 bridgehead atoms. The van der Waals surface area contributed by atoms with Gasteiger partial charge in [-0.1, -0.05) is 26.0 Å². The Hall–Kier alpha value is -1.24. The molecule has 1 nitrogen and oxygen atoms in total. The molecule has 1 aromatic carbocycles. The number of hydrogen-bond donors (Lipinski definition) is 0. The SMILES string of the molecule is C=C1CCc2ccc(OCCCC)c(C)c21. The number of hydrogen-bond acceptors (Lipinski definition) is 1. The Kier molecular flexibility index (Phi) is 3.33. The number of ether oxygens (including phenoxy) is 1. The highest BCUT2D eigenvalue weighted by atomic mass is 16.5. The highest BCUT2D eigenvalue weighted by molar-refractivity contribution is 5.75. The van der Waals surface area contributed by atoms with Crippen LogP contribution in [0.2, 0.25) is 0 Å². The fourth-order valence-electron chi connectivity index (χ4n) is 2.34. The van der Waals surface area contributed by atoms with Crippen LogP contribution in [0.5, 0.6) is 5.75 Å². The summed E-state index contributed by atoms with van der Waals surface area (Å²) in [4.78, 5) is 0. The third-order valence-corrected chi connectivity index (χ3v) is 3.31. The summed E-state index contributed by atoms with van der Waals surface area (Å²) in [5.41, 5.74) is 5.34. The second-order valence-corrected chi connectivity index (χ2v) is 4.53. The lowest BCUT2D eigenvalue weighted by atomic mass is 10.0. The van der Waals surface area contributed by atoms with E-state index in [1.165, 1.54) is 28.7 Å². The molecule has 0 unspecified atom stereocenters. The van der Waals surface area contributed by atoms with Gasteiger partial charge in [-0.2, -0.15) is 0 Å². The highest BCUT2D eigenvalue weighted by Crippen LogP contribution is 2.37. The summed E-state index contributed by atoms with van der Waals surface area (Å²) in [6.45, 7) is 9.29. The zero-order valence-corrected chi connectivity index (χ0v) is 10.3. The number of fused-ring (bicyclic) bond motifs is 1. The predicted octanol–water partition coefficient (Wildman–Crippen LogP) is 4.13. The van der Waals surface area contributed by atoms with Crippen molar-refractivity contribution < 1.29 is 4.74 Å². The monoisotopic (exact) mass is 216 g/mol. The molecule has 0 aromatic heterocycles. The molecule has 0 radical (unpaired) electrons. The molecule has 1 heteroatoms. The van der Waals surface area contributed by atoms with E-state index in [1.54, 1.807) is 0 Å². The lowest BCUT2D eigenvalue weighted by Gasteiger charge is -2.12. The van der Waals surface area contributed by atoms with Crippen LogP contribution in [0, 0.1) is 6.92 Å². The van der Waals surface area contributed by atoms with Gasteiger partial charge in [-0.15, -0.1) is 0 Å². The fourth-order valence-corrected chi connectivity index (χ4v) is 2.34. The van der Waals surface area contributed by atoms with Crippen LogP contribution in [0.1, 0.15) is 42.9 Å². The van der Waals surface area contributed by atoms with Crippen LogP contribution in [0.25, 0.3) is 5.57 Å². The summed E-state index contributed by atoms with van der Waals surface area (Å²) >= 11 is 0. The van der Waals surface area contributed by atoms with Crippen molar-refractivity contribution >= 4 is 5.57 Å². The summed E-state index contributed by atoms with van der Waals surface area (Å²) < 4.78 is 5.81. The quantitative estimate of drug-likeness (QED) is 0.687. The summed E-state index contributed by atoms with van der Waals surface area (Å²) in [6, 6.07) is 4.31. The van der Waals surface area contributed by atoms with Crippen LogP contribution in [0.15, 0.2) is 18.7 Å². The van der Waals surface area contributed by atoms with E-state index in [-0.39, 0.29) is 0 Å². The minimum Gasteiger partial charge on any atom is -0.493 e. The average molecular weight is 216 g/mol. The average Bonchev–Trinajstić information content (AvgIpc) is 2.65. The van der Waals surface area contributed by atoms with Gasteiger partial charge in [0.15, 0.2) is 0 Å². The van der Waals surface area contributed by atoms with E-state index < -0.39 is 0 Å². The molecular weight excluding hydrogens is 196 g/mol. The Morgan fingerprint density at radius 3 is 2.88 bits per heavy atom. The first kappa shape index (κ1) is 11.3. The van der Waals surface area contributed by atoms with Crippen molar-refractivity contribution in [3.8, 4) is 5.75 Å². The van der Waals surface area contributed by atoms with Crippen molar-refractivity contribution in [3.63, 3.8) is 0 Å². The van der Waals surface area contributed by atoms with Crippen LogP contribution in [0.3, 0.4) is 0 Å². The molecule has 0 aliphatic heterocycles. The molecule has 0 saturated carbocycles. The fraction of sp³-hybridized carbons (Fsp3) is 0.467. The van der Waals surface area contributed by atoms with Gasteiger partial charge in [0.2, 0.25) is 0 Å². The van der Waals surface area contributed by atoms with Gasteiger partial charge >= 0.3 is 0 Å². The van der Waals surface area contributed by atoms with Crippen LogP contribution in [-0.2, 0) is 6.42 Å². The standard InChI is InChI=1S/C15H20O/c1-4-5-10-16-14-9-8-13-7-6-11(2)15(13)12(14)3/h8-9H,2,4-7,10H2,1,3H3. The first-order valence-electron chi connectivity index (χ1n) is 6.17. The molecule has 1 aromatic rings. The number of unbranched alkanes of at least 4 members (excludes halogenated alkanes) is 1. The summed E-state index contributed by atoms with van der Waals surface area (Å²) in [5.74, 6) is 1.04. The van der Waals surface area contributed by atoms with Gasteiger partial charge in [0.05, 0.1) is 6.61 Å². The highest BCUT2D eigenvalue weighted by Gasteiger charge is 2.18. The van der Waals surface area contributed by atoms with E-state index in [2.05, 4.69) is 32.6 Å². The largest absolute Gasteiger partial charge is 0.493 e. The molecular formula is C15H20O. The van der Waals surface area contributed by atoms with Crippen molar-refractivity contribution in [1.82, 2.24) is 0 Å². The molecule has 0 amide bonds. The maximum atomic E-state index is 5.81. The number of allylic oxidation sites excluding steroid dienone is 1. The maximum Gasteiger partial charge on any atom is 0.122 e. The van der Waals surface area contributed by atoms with Crippen LogP contribution >= 0.6 is 0 Å². The summed E-state index contributed by atoms with van der Waals surface area (Å²) in [6.07, 6.45) is 4.55. The first-order chi connectivity index (χ1) is 7.74. The molecule has 1 aliphatic rings. The molecule has 0 heterocycles. The number of aryl methyl sites for hydroxylation is 1. The van der Waals surface area contributed by atoms with Gasteiger partial charge < -0.3 is 4.74 Å². The van der Waals surface area contributed by atoms with Crippen molar-refractivity contribution in [1.29, 1.82) is 0 Å². The number of rotatable bonds is 4. The zero-order chi connectivity index (χ0) is 11.5. The number of benzene rings is 1. The molecule has 0 N–H and O–H groups in total. The molecule has 2 rings (SSSR count). The van der Waals surface area contributed by atoms with E-state index in [9.17, 15) is 0 Å². The van der Waals surface area contributed by atoms with E-state index in [4.69, 9.17) is 4.74 Å². The lowest BCUT2D eigenvalue weighted by molar-refractivity contribution is 0.307. The minimum absolute atomic E-state index is 0.822. The Morgan fingerprint density at radius 2 is 2.12 bits per heavy atom. The van der Waals surface area contributed by atoms with Crippen molar-refractivity contribution in [2.24, 2.45) is 0 Å². The smallest absolute Gasteiger partial charge is 0.122 e. The minimum atomic E-state index is 0.822. The van der Waals surface area contributed by atoms with E-state index in [0.29, 0.717) is 0 Å². The third-order valence-electron chi connectivity index (χ3n) is 3.31. The van der Waals surface area contributed by atoms with Gasteiger partial charge in [-0.05, 0) is 54.5 Å². The van der Waals surface area contributed by atoms with E-state index in [0.717, 1.165) is 31.6 Å². The molecule has 1 aliphatic carbocycles. The molecule has 16 heavy (non-hydrogen) atoms. The molecule has 0 spiro atoms. The third kappa shape index (κ3) is 1.99. The predicted molar refractivity (Wildman–Crippen MR) is 68.9 cm³/mol. The Balaban J connectivity index is 2.22. The normalized spacial score (nSPS) is 14.0. The van der Waals surface area contributed by atoms with E-state index >= 15 is 0 Å². The molecule has 0 atom stereocenters. The summed E-state index contributed by atoms with van der Waals surface area (Å²) in [7, 11) is 0. The van der Waals surface area contributed by atoms with Gasteiger partial charge in [0.25, 0.3) is 0 Å². The van der Waals surface area contributed by atoms with Gasteiger partial charge in [-0.3, -0.25) is 0 Å². The van der Waals surface area contributed by atoms with Gasteiger partial charge in [0.1, 0.15) is 5.75 Å². The summed E-state index contributed by atoms with van der Waals surface area (Å²) in [5, 5.41) is 0. The first-order valence-corrected chi connectivity index (χ1v) is 6.17. The van der Waals surface area contributed by atoms with Crippen molar-refractivity contribution in [2.45, 2.75) is 39.5 Å². The maximum absolute atomic E-state index is 5.81. The second-order valence-electron chi connectivity index (χ2n) is 4.53. The van der Waals surface area contributed by atoms with Crippen LogP contribution < -0.4 is 4.74 Å². The molecule has 0 fully saturated rings. The van der Waals surface area contributed by atoms with Crippen LogP contribution in [-0.4, -0.2) is 6.61 Å². The topological polar surface area (TPSA) is 9.23 Å². The molecule has 0 saturated heterocycles. The van der Waals surface area contributed by atoms with E-state index in [1.807, 2.05) is 0 Å². The van der Waals surface area contributed by atoms with Crippen molar-refractivity contribution in [2.75, 3.05) is 6.61 Å². The second kappa shape index (κ2) is 4.73. The zero-order valence-electron chi connectivity index (χ0n) is 10.3. The Labute approximate surface area is 98.1 Å². The Morgan fingerprint density at radius 1 is 1.31 bits per heavy atom. The Bertz CT molecular complexity index is 404. The van der Waals surface area contributed by atoms with Gasteiger partial charge in [0, 0.05) is 0 Å². The lowest BCUT2D eigenvalue weighted by Crippen LogP contribution is -2.00. The van der Waals surface area contributed by atoms with Gasteiger partial charge in [-0.25, -0.2) is 0 Å². The van der Waals surface area contributed by atoms with Crippen LogP contribution in [0.4, 0.5) is 0 Å². The molecule has 86 valence electrons. The van der Waals surface area contributed by atoms with Crippen molar-refractivity contribution in [3.05, 3.63) is 35.4 Å².